The molecule has 1 N–H and O–H groups in total. The molecule has 1 fully saturated rings. The van der Waals surface area contributed by atoms with Crippen LogP contribution in [0.25, 0.3) is 10.9 Å². The van der Waals surface area contributed by atoms with E-state index in [1.165, 1.54) is 29.4 Å². The van der Waals surface area contributed by atoms with Gasteiger partial charge in [0.1, 0.15) is 0 Å². The molecule has 0 saturated carbocycles. The summed E-state index contributed by atoms with van der Waals surface area (Å²) in [5.41, 5.74) is 2.72. The fourth-order valence-corrected chi connectivity index (χ4v) is 2.99. The van der Waals surface area contributed by atoms with Crippen molar-refractivity contribution in [2.24, 2.45) is 5.92 Å². The molecule has 0 aliphatic carbocycles. The lowest BCUT2D eigenvalue weighted by molar-refractivity contribution is 0.316. The molecule has 84 valence electrons. The number of hydrogen-bond acceptors (Lipinski definition) is 1. The number of fused-ring (bicyclic) bond motifs is 1. The van der Waals surface area contributed by atoms with Gasteiger partial charge in [-0.2, -0.15) is 0 Å². The van der Waals surface area contributed by atoms with Crippen molar-refractivity contribution in [2.75, 3.05) is 13.6 Å². The largest absolute Gasteiger partial charge is 0.361 e. The Bertz CT molecular complexity index is 500. The molecule has 0 amide bonds. The van der Waals surface area contributed by atoms with Gasteiger partial charge in [-0.3, -0.25) is 4.90 Å². The van der Waals surface area contributed by atoms with Crippen LogP contribution < -0.4 is 0 Å². The van der Waals surface area contributed by atoms with Crippen LogP contribution in [0.2, 0.25) is 0 Å². The lowest BCUT2D eigenvalue weighted by atomic mass is 10.0. The second-order valence-electron chi connectivity index (χ2n) is 5.09. The number of nitrogens with one attached hydrogen (secondary N) is 1. The zero-order valence-electron chi connectivity index (χ0n) is 9.90. The van der Waals surface area contributed by atoms with Gasteiger partial charge >= 0.3 is 0 Å². The number of benzene rings is 1. The molecule has 1 aliphatic rings. The van der Waals surface area contributed by atoms with E-state index in [0.717, 1.165) is 5.92 Å². The normalized spacial score (nSPS) is 26.6. The summed E-state index contributed by atoms with van der Waals surface area (Å²) >= 11 is 0. The number of rotatable bonds is 1. The van der Waals surface area contributed by atoms with Crippen LogP contribution in [0.5, 0.6) is 0 Å². The first-order valence-corrected chi connectivity index (χ1v) is 6.02. The van der Waals surface area contributed by atoms with Crippen LogP contribution in [0.1, 0.15) is 24.9 Å². The molecule has 16 heavy (non-hydrogen) atoms. The highest BCUT2D eigenvalue weighted by molar-refractivity contribution is 5.83. The first-order chi connectivity index (χ1) is 7.75. The molecule has 2 heteroatoms. The van der Waals surface area contributed by atoms with Crippen molar-refractivity contribution >= 4 is 10.9 Å². The molecule has 2 atom stereocenters. The number of aromatic amines is 1. The second kappa shape index (κ2) is 3.63. The van der Waals surface area contributed by atoms with E-state index in [9.17, 15) is 0 Å². The van der Waals surface area contributed by atoms with Crippen LogP contribution in [0.4, 0.5) is 0 Å². The summed E-state index contributed by atoms with van der Waals surface area (Å²) in [6, 6.07) is 9.17. The van der Waals surface area contributed by atoms with Crippen molar-refractivity contribution in [3.05, 3.63) is 36.0 Å². The third-order valence-corrected chi connectivity index (χ3v) is 3.74. The molecular weight excluding hydrogens is 196 g/mol. The van der Waals surface area contributed by atoms with Crippen LogP contribution in [0.3, 0.4) is 0 Å². The first-order valence-electron chi connectivity index (χ1n) is 6.02. The molecular formula is C14H18N2. The van der Waals surface area contributed by atoms with Gasteiger partial charge < -0.3 is 4.98 Å². The van der Waals surface area contributed by atoms with Crippen molar-refractivity contribution in [1.29, 1.82) is 0 Å². The SMILES string of the molecule is CC1CC(c2c[nH]c3ccccc23)N(C)C1. The predicted octanol–water partition coefficient (Wildman–Crippen LogP) is 3.18. The lowest BCUT2D eigenvalue weighted by Crippen LogP contribution is -2.17. The Morgan fingerprint density at radius 1 is 1.31 bits per heavy atom. The molecule has 2 heterocycles. The minimum absolute atomic E-state index is 0.589. The summed E-state index contributed by atoms with van der Waals surface area (Å²) in [6.07, 6.45) is 3.46. The van der Waals surface area contributed by atoms with Crippen LogP contribution in [0, 0.1) is 5.92 Å². The van der Waals surface area contributed by atoms with Gasteiger partial charge in [-0.1, -0.05) is 25.1 Å². The van der Waals surface area contributed by atoms with Crippen LogP contribution in [-0.2, 0) is 0 Å². The number of H-pyrrole nitrogens is 1. The Morgan fingerprint density at radius 3 is 2.88 bits per heavy atom. The highest BCUT2D eigenvalue weighted by atomic mass is 15.2. The maximum Gasteiger partial charge on any atom is 0.0457 e. The summed E-state index contributed by atoms with van der Waals surface area (Å²) in [5.74, 6) is 0.809. The van der Waals surface area contributed by atoms with Gasteiger partial charge in [0, 0.05) is 29.7 Å². The third kappa shape index (κ3) is 1.45. The number of para-hydroxylation sites is 1. The van der Waals surface area contributed by atoms with Gasteiger partial charge in [0.25, 0.3) is 0 Å². The van der Waals surface area contributed by atoms with Gasteiger partial charge in [-0.15, -0.1) is 0 Å². The quantitative estimate of drug-likeness (QED) is 0.772. The molecule has 0 spiro atoms. The predicted molar refractivity (Wildman–Crippen MR) is 67.5 cm³/mol. The smallest absolute Gasteiger partial charge is 0.0457 e. The molecule has 2 nitrogen and oxygen atoms in total. The van der Waals surface area contributed by atoms with Crippen LogP contribution in [0.15, 0.2) is 30.5 Å². The lowest BCUT2D eigenvalue weighted by Gasteiger charge is -2.18. The minimum Gasteiger partial charge on any atom is -0.361 e. The fraction of sp³-hybridized carbons (Fsp3) is 0.429. The van der Waals surface area contributed by atoms with Gasteiger partial charge in [0.15, 0.2) is 0 Å². The van der Waals surface area contributed by atoms with E-state index in [0.29, 0.717) is 6.04 Å². The standard InChI is InChI=1S/C14H18N2/c1-10-7-14(16(2)9-10)12-8-15-13-6-4-3-5-11(12)13/h3-6,8,10,14-15H,7,9H2,1-2H3. The monoisotopic (exact) mass is 214 g/mol. The molecule has 0 radical (unpaired) electrons. The highest BCUT2D eigenvalue weighted by Gasteiger charge is 2.29. The van der Waals surface area contributed by atoms with Gasteiger partial charge in [0.2, 0.25) is 0 Å². The highest BCUT2D eigenvalue weighted by Crippen LogP contribution is 2.37. The van der Waals surface area contributed by atoms with E-state index >= 15 is 0 Å². The van der Waals surface area contributed by atoms with Gasteiger partial charge in [0.05, 0.1) is 0 Å². The third-order valence-electron chi connectivity index (χ3n) is 3.74. The topological polar surface area (TPSA) is 19.0 Å². The second-order valence-corrected chi connectivity index (χ2v) is 5.09. The number of likely N-dealkylation sites (tertiary alicyclic amines) is 1. The number of aromatic nitrogens is 1. The van der Waals surface area contributed by atoms with Gasteiger partial charge in [-0.05, 0) is 31.0 Å². The Kier molecular flexibility index (Phi) is 2.25. The fourth-order valence-electron chi connectivity index (χ4n) is 2.99. The van der Waals surface area contributed by atoms with E-state index in [-0.39, 0.29) is 0 Å². The Hall–Kier alpha value is -1.28. The maximum absolute atomic E-state index is 3.37. The van der Waals surface area contributed by atoms with Crippen molar-refractivity contribution in [3.8, 4) is 0 Å². The zero-order chi connectivity index (χ0) is 11.1. The molecule has 1 saturated heterocycles. The Labute approximate surface area is 96.3 Å². The van der Waals surface area contributed by atoms with E-state index in [1.807, 2.05) is 0 Å². The summed E-state index contributed by atoms with van der Waals surface area (Å²) in [7, 11) is 2.23. The maximum atomic E-state index is 3.37. The van der Waals surface area contributed by atoms with E-state index in [1.54, 1.807) is 0 Å². The van der Waals surface area contributed by atoms with Crippen molar-refractivity contribution in [3.63, 3.8) is 0 Å². The number of hydrogen-bond donors (Lipinski definition) is 1. The summed E-state index contributed by atoms with van der Waals surface area (Å²) < 4.78 is 0. The molecule has 1 aromatic heterocycles. The summed E-state index contributed by atoms with van der Waals surface area (Å²) in [5, 5.41) is 1.38. The minimum atomic E-state index is 0.589. The Morgan fingerprint density at radius 2 is 2.12 bits per heavy atom. The summed E-state index contributed by atoms with van der Waals surface area (Å²) in [6.45, 7) is 3.55. The molecule has 3 rings (SSSR count). The van der Waals surface area contributed by atoms with Crippen molar-refractivity contribution in [2.45, 2.75) is 19.4 Å². The average Bonchev–Trinajstić information content (AvgIpc) is 2.81. The number of nitrogens with zero attached hydrogens (tertiary/aromatic N) is 1. The van der Waals surface area contributed by atoms with Crippen LogP contribution >= 0.6 is 0 Å². The van der Waals surface area contributed by atoms with Crippen LogP contribution in [-0.4, -0.2) is 23.5 Å². The molecule has 2 aromatic rings. The Balaban J connectivity index is 2.06. The molecule has 0 bridgehead atoms. The van der Waals surface area contributed by atoms with Crippen molar-refractivity contribution in [1.82, 2.24) is 9.88 Å². The molecule has 1 aliphatic heterocycles. The average molecular weight is 214 g/mol. The van der Waals surface area contributed by atoms with E-state index < -0.39 is 0 Å². The summed E-state index contributed by atoms with van der Waals surface area (Å²) in [4.78, 5) is 5.85. The first kappa shape index (κ1) is 9.91. The van der Waals surface area contributed by atoms with Crippen molar-refractivity contribution < 1.29 is 0 Å². The molecule has 1 aromatic carbocycles. The zero-order valence-corrected chi connectivity index (χ0v) is 9.90. The molecule has 2 unspecified atom stereocenters. The van der Waals surface area contributed by atoms with E-state index in [4.69, 9.17) is 0 Å². The van der Waals surface area contributed by atoms with Gasteiger partial charge in [-0.25, -0.2) is 0 Å². The van der Waals surface area contributed by atoms with E-state index in [2.05, 4.69) is 54.3 Å².